The highest BCUT2D eigenvalue weighted by molar-refractivity contribution is 7.99. The van der Waals surface area contributed by atoms with Gasteiger partial charge in [-0.3, -0.25) is 14.9 Å². The zero-order valence-electron chi connectivity index (χ0n) is 11.4. The topological polar surface area (TPSA) is 104 Å². The van der Waals surface area contributed by atoms with Crippen LogP contribution >= 0.6 is 11.8 Å². The SMILES string of the molecule is CCn1c(Cn2ccc(C)n2)nnc1SCC(=O)NN. The van der Waals surface area contributed by atoms with E-state index in [2.05, 4.69) is 20.7 Å². The molecular formula is C11H17N7OS. The van der Waals surface area contributed by atoms with Gasteiger partial charge in [-0.15, -0.1) is 10.2 Å². The van der Waals surface area contributed by atoms with Gasteiger partial charge in [-0.1, -0.05) is 11.8 Å². The molecule has 8 nitrogen and oxygen atoms in total. The second-order valence-corrected chi connectivity index (χ2v) is 5.10. The minimum atomic E-state index is -0.245. The molecule has 0 atom stereocenters. The van der Waals surface area contributed by atoms with Crippen molar-refractivity contribution in [3.63, 3.8) is 0 Å². The minimum Gasteiger partial charge on any atom is -0.305 e. The van der Waals surface area contributed by atoms with Gasteiger partial charge in [0.2, 0.25) is 5.91 Å². The molecule has 0 aliphatic carbocycles. The van der Waals surface area contributed by atoms with Crippen LogP contribution in [0.5, 0.6) is 0 Å². The Morgan fingerprint density at radius 3 is 2.90 bits per heavy atom. The molecule has 0 radical (unpaired) electrons. The number of carbonyl (C=O) groups excluding carboxylic acids is 1. The van der Waals surface area contributed by atoms with Crippen molar-refractivity contribution in [3.05, 3.63) is 23.8 Å². The standard InChI is InChI=1S/C11H17N7OS/c1-3-18-9(6-17-5-4-8(2)16-17)14-15-11(18)20-7-10(19)13-12/h4-5H,3,6-7,12H2,1-2H3,(H,13,19). The van der Waals surface area contributed by atoms with E-state index in [9.17, 15) is 4.79 Å². The van der Waals surface area contributed by atoms with Gasteiger partial charge in [0, 0.05) is 12.7 Å². The Kier molecular flexibility index (Phi) is 4.74. The van der Waals surface area contributed by atoms with Crippen LogP contribution < -0.4 is 11.3 Å². The van der Waals surface area contributed by atoms with Crippen molar-refractivity contribution in [1.29, 1.82) is 0 Å². The highest BCUT2D eigenvalue weighted by Crippen LogP contribution is 2.17. The Morgan fingerprint density at radius 1 is 1.50 bits per heavy atom. The van der Waals surface area contributed by atoms with Crippen LogP contribution in [0, 0.1) is 6.92 Å². The lowest BCUT2D eigenvalue weighted by Gasteiger charge is -2.07. The highest BCUT2D eigenvalue weighted by Gasteiger charge is 2.13. The molecule has 0 fully saturated rings. The average Bonchev–Trinajstić information content (AvgIpc) is 3.02. The van der Waals surface area contributed by atoms with E-state index in [1.54, 1.807) is 0 Å². The van der Waals surface area contributed by atoms with Crippen molar-refractivity contribution in [2.45, 2.75) is 32.1 Å². The van der Waals surface area contributed by atoms with Gasteiger partial charge < -0.3 is 4.57 Å². The van der Waals surface area contributed by atoms with Crippen LogP contribution in [0.4, 0.5) is 0 Å². The van der Waals surface area contributed by atoms with Gasteiger partial charge in [0.05, 0.1) is 11.4 Å². The fraction of sp³-hybridized carbons (Fsp3) is 0.455. The van der Waals surface area contributed by atoms with E-state index < -0.39 is 0 Å². The summed E-state index contributed by atoms with van der Waals surface area (Å²) in [6.07, 6.45) is 1.90. The van der Waals surface area contributed by atoms with E-state index in [0.717, 1.165) is 18.1 Å². The summed E-state index contributed by atoms with van der Waals surface area (Å²) in [4.78, 5) is 11.2. The summed E-state index contributed by atoms with van der Waals surface area (Å²) in [5.41, 5.74) is 3.05. The van der Waals surface area contributed by atoms with Gasteiger partial charge in [0.15, 0.2) is 11.0 Å². The maximum absolute atomic E-state index is 11.2. The van der Waals surface area contributed by atoms with Crippen molar-refractivity contribution >= 4 is 17.7 Å². The molecule has 0 unspecified atom stereocenters. The molecule has 0 aliphatic rings. The van der Waals surface area contributed by atoms with Crippen molar-refractivity contribution in [2.24, 2.45) is 5.84 Å². The second kappa shape index (κ2) is 6.53. The van der Waals surface area contributed by atoms with Crippen molar-refractivity contribution < 1.29 is 4.79 Å². The number of amides is 1. The van der Waals surface area contributed by atoms with Crippen LogP contribution in [0.1, 0.15) is 18.4 Å². The lowest BCUT2D eigenvalue weighted by Crippen LogP contribution is -2.31. The zero-order chi connectivity index (χ0) is 14.5. The van der Waals surface area contributed by atoms with Crippen molar-refractivity contribution in [3.8, 4) is 0 Å². The molecule has 2 aromatic rings. The normalized spacial score (nSPS) is 10.8. The summed E-state index contributed by atoms with van der Waals surface area (Å²) < 4.78 is 3.78. The summed E-state index contributed by atoms with van der Waals surface area (Å²) in [5, 5.41) is 13.3. The number of hydrogen-bond acceptors (Lipinski definition) is 6. The second-order valence-electron chi connectivity index (χ2n) is 4.15. The Hall–Kier alpha value is -1.87. The van der Waals surface area contributed by atoms with E-state index in [4.69, 9.17) is 5.84 Å². The number of aryl methyl sites for hydroxylation is 1. The van der Waals surface area contributed by atoms with Gasteiger partial charge in [-0.05, 0) is 19.9 Å². The number of nitrogens with zero attached hydrogens (tertiary/aromatic N) is 5. The monoisotopic (exact) mass is 295 g/mol. The Morgan fingerprint density at radius 2 is 2.30 bits per heavy atom. The van der Waals surface area contributed by atoms with Crippen LogP contribution in [0.15, 0.2) is 17.4 Å². The van der Waals surface area contributed by atoms with Crippen molar-refractivity contribution in [2.75, 3.05) is 5.75 Å². The number of hydrogen-bond donors (Lipinski definition) is 2. The predicted octanol–water partition coefficient (Wildman–Crippen LogP) is -0.0668. The van der Waals surface area contributed by atoms with Crippen LogP contribution in [-0.2, 0) is 17.9 Å². The number of aromatic nitrogens is 5. The third kappa shape index (κ3) is 3.36. The summed E-state index contributed by atoms with van der Waals surface area (Å²) in [6, 6.07) is 1.94. The number of nitrogens with one attached hydrogen (secondary N) is 1. The van der Waals surface area contributed by atoms with Crippen LogP contribution in [0.3, 0.4) is 0 Å². The number of rotatable bonds is 6. The molecule has 20 heavy (non-hydrogen) atoms. The fourth-order valence-electron chi connectivity index (χ4n) is 1.73. The van der Waals surface area contributed by atoms with Crippen LogP contribution in [-0.4, -0.2) is 36.2 Å². The maximum Gasteiger partial charge on any atom is 0.244 e. The lowest BCUT2D eigenvalue weighted by atomic mass is 10.5. The first kappa shape index (κ1) is 14.5. The fourth-order valence-corrected chi connectivity index (χ4v) is 2.56. The molecule has 2 aromatic heterocycles. The summed E-state index contributed by atoms with van der Waals surface area (Å²) in [5.74, 6) is 5.83. The number of carbonyl (C=O) groups is 1. The quantitative estimate of drug-likeness (QED) is 0.335. The molecule has 108 valence electrons. The van der Waals surface area contributed by atoms with Gasteiger partial charge in [0.25, 0.3) is 0 Å². The number of thioether (sulfide) groups is 1. The van der Waals surface area contributed by atoms with Gasteiger partial charge in [-0.2, -0.15) is 5.10 Å². The lowest BCUT2D eigenvalue weighted by molar-refractivity contribution is -0.118. The molecule has 0 saturated carbocycles. The Labute approximate surface area is 120 Å². The molecule has 0 aromatic carbocycles. The third-order valence-corrected chi connectivity index (χ3v) is 3.65. The van der Waals surface area contributed by atoms with E-state index in [0.29, 0.717) is 11.7 Å². The molecular weight excluding hydrogens is 278 g/mol. The van der Waals surface area contributed by atoms with Gasteiger partial charge in [-0.25, -0.2) is 5.84 Å². The molecule has 0 aliphatic heterocycles. The predicted molar refractivity (Wildman–Crippen MR) is 74.8 cm³/mol. The van der Waals surface area contributed by atoms with Crippen LogP contribution in [0.2, 0.25) is 0 Å². The largest absolute Gasteiger partial charge is 0.305 e. The smallest absolute Gasteiger partial charge is 0.244 e. The molecule has 2 rings (SSSR count). The summed E-state index contributed by atoms with van der Waals surface area (Å²) in [7, 11) is 0. The molecule has 0 saturated heterocycles. The molecule has 2 heterocycles. The first-order chi connectivity index (χ1) is 9.63. The first-order valence-corrected chi connectivity index (χ1v) is 7.17. The highest BCUT2D eigenvalue weighted by atomic mass is 32.2. The number of hydrazine groups is 1. The molecule has 9 heteroatoms. The van der Waals surface area contributed by atoms with E-state index >= 15 is 0 Å². The molecule has 3 N–H and O–H groups in total. The Bertz CT molecular complexity index is 591. The zero-order valence-corrected chi connectivity index (χ0v) is 12.2. The summed E-state index contributed by atoms with van der Waals surface area (Å²) >= 11 is 1.31. The van der Waals surface area contributed by atoms with Gasteiger partial charge in [0.1, 0.15) is 6.54 Å². The third-order valence-electron chi connectivity index (χ3n) is 2.68. The maximum atomic E-state index is 11.2. The number of nitrogens with two attached hydrogens (primary N) is 1. The average molecular weight is 295 g/mol. The molecule has 0 spiro atoms. The molecule has 1 amide bonds. The van der Waals surface area contributed by atoms with E-state index in [1.165, 1.54) is 11.8 Å². The Balaban J connectivity index is 2.10. The van der Waals surface area contributed by atoms with Crippen molar-refractivity contribution in [1.82, 2.24) is 30.0 Å². The molecule has 0 bridgehead atoms. The van der Waals surface area contributed by atoms with E-state index in [1.807, 2.05) is 35.4 Å². The van der Waals surface area contributed by atoms with Gasteiger partial charge >= 0.3 is 0 Å². The van der Waals surface area contributed by atoms with Crippen LogP contribution in [0.25, 0.3) is 0 Å². The minimum absolute atomic E-state index is 0.218. The first-order valence-electron chi connectivity index (χ1n) is 6.18. The van der Waals surface area contributed by atoms with E-state index in [-0.39, 0.29) is 11.7 Å². The summed E-state index contributed by atoms with van der Waals surface area (Å²) in [6.45, 7) is 5.23.